The Balaban J connectivity index is 0.000000162. The van der Waals surface area contributed by atoms with Crippen LogP contribution in [0.5, 0.6) is 0 Å². The van der Waals surface area contributed by atoms with Gasteiger partial charge in [-0.05, 0) is 12.8 Å². The van der Waals surface area contributed by atoms with Gasteiger partial charge in [0.1, 0.15) is 0 Å². The summed E-state index contributed by atoms with van der Waals surface area (Å²) >= 11 is -1.76. The molecule has 0 fully saturated rings. The number of fused-ring (bicyclic) bond motifs is 2. The van der Waals surface area contributed by atoms with E-state index in [1.165, 1.54) is 27.1 Å². The molecule has 4 aromatic rings. The number of hydrogen-bond donors (Lipinski definition) is 1. The normalized spacial score (nSPS) is 9.93. The molecule has 27 heavy (non-hydrogen) atoms. The van der Waals surface area contributed by atoms with E-state index in [4.69, 9.17) is 22.1 Å². The van der Waals surface area contributed by atoms with Gasteiger partial charge < -0.3 is 5.11 Å². The second-order valence-corrected chi connectivity index (χ2v) is 14.9. The van der Waals surface area contributed by atoms with Crippen LogP contribution < -0.4 is 0 Å². The van der Waals surface area contributed by atoms with E-state index in [0.717, 1.165) is 12.8 Å². The Labute approximate surface area is 176 Å². The predicted octanol–water partition coefficient (Wildman–Crippen LogP) is 6.78. The third-order valence-corrected chi connectivity index (χ3v) is 7.72. The molecule has 0 saturated carbocycles. The summed E-state index contributed by atoms with van der Waals surface area (Å²) < 4.78 is 1.89. The smallest absolute Gasteiger partial charge is 0.0433 e. The zero-order valence-corrected chi connectivity index (χ0v) is 19.4. The molecule has 0 unspecified atom stereocenters. The van der Waals surface area contributed by atoms with E-state index < -0.39 is 18.9 Å². The molecule has 0 aliphatic heterocycles. The third-order valence-electron chi connectivity index (χ3n) is 4.07. The molecule has 142 valence electrons. The van der Waals surface area contributed by atoms with E-state index in [1.807, 2.05) is 10.6 Å². The molecular formula is C23H24Cl2OZr-2. The number of hydrogen-bond acceptors (Lipinski definition) is 1. The molecular weight excluding hydrogens is 454 g/mol. The van der Waals surface area contributed by atoms with Crippen LogP contribution in [0.2, 0.25) is 0 Å². The Kier molecular flexibility index (Phi) is 10.2. The van der Waals surface area contributed by atoms with Gasteiger partial charge in [-0.15, -0.1) is 70.3 Å². The summed E-state index contributed by atoms with van der Waals surface area (Å²) in [4.78, 5) is 0. The summed E-state index contributed by atoms with van der Waals surface area (Å²) in [5, 5.41) is 14.0. The number of aryl methyl sites for hydroxylation is 1. The quantitative estimate of drug-likeness (QED) is 0.322. The van der Waals surface area contributed by atoms with Crippen molar-refractivity contribution in [2.75, 3.05) is 6.61 Å². The minimum Gasteiger partial charge on any atom is -0.396 e. The van der Waals surface area contributed by atoms with Crippen molar-refractivity contribution < 1.29 is 24.0 Å². The summed E-state index contributed by atoms with van der Waals surface area (Å²) in [6.07, 6.45) is 1.83. The SMILES string of the molecule is C[CH]=[Zr]([Cl])[Cl].OCCCc1cc2ccccc2[cH-]1.c1ccc2[cH-]ccc2c1. The van der Waals surface area contributed by atoms with Crippen LogP contribution in [0.25, 0.3) is 21.5 Å². The maximum atomic E-state index is 8.70. The van der Waals surface area contributed by atoms with Gasteiger partial charge in [-0.2, -0.15) is 23.6 Å². The maximum Gasteiger partial charge on any atom is 0.0433 e. The van der Waals surface area contributed by atoms with Crippen molar-refractivity contribution in [2.45, 2.75) is 19.8 Å². The Hall–Kier alpha value is -1.05. The van der Waals surface area contributed by atoms with Gasteiger partial charge in [0.05, 0.1) is 0 Å². The summed E-state index contributed by atoms with van der Waals surface area (Å²) in [6.45, 7) is 2.18. The molecule has 0 heterocycles. The number of halogens is 2. The van der Waals surface area contributed by atoms with Crippen LogP contribution in [0.3, 0.4) is 0 Å². The van der Waals surface area contributed by atoms with Crippen molar-refractivity contribution in [2.24, 2.45) is 0 Å². The fourth-order valence-electron chi connectivity index (χ4n) is 2.71. The van der Waals surface area contributed by atoms with Gasteiger partial charge in [0.25, 0.3) is 0 Å². The standard InChI is InChI=1S/C12H13O.C9H7.C2H4.2ClH.Zr/c13-7-3-4-10-8-11-5-1-2-6-12(11)9-10;1-2-5-9-7-3-6-8(9)4-1;1-2;;;/h1-2,5-6,8-9,13H,3-4,7H2;1-7H;1H,2H3;2*1H;/q2*-1;;;;+2/p-2. The second kappa shape index (κ2) is 12.4. The summed E-state index contributed by atoms with van der Waals surface area (Å²) in [7, 11) is 10.7. The van der Waals surface area contributed by atoms with Gasteiger partial charge in [-0.3, -0.25) is 0 Å². The van der Waals surface area contributed by atoms with Crippen LogP contribution >= 0.6 is 17.0 Å². The molecule has 4 heteroatoms. The molecule has 0 atom stereocenters. The molecule has 0 spiro atoms. The second-order valence-electron chi connectivity index (χ2n) is 6.05. The summed E-state index contributed by atoms with van der Waals surface area (Å²) in [5.41, 5.74) is 1.33. The van der Waals surface area contributed by atoms with Crippen molar-refractivity contribution in [1.82, 2.24) is 0 Å². The van der Waals surface area contributed by atoms with Crippen LogP contribution in [0.4, 0.5) is 0 Å². The van der Waals surface area contributed by atoms with Crippen molar-refractivity contribution >= 4 is 42.3 Å². The summed E-state index contributed by atoms with van der Waals surface area (Å²) in [5.74, 6) is 0. The van der Waals surface area contributed by atoms with Gasteiger partial charge in [-0.25, -0.2) is 0 Å². The molecule has 0 aliphatic carbocycles. The minimum atomic E-state index is -1.76. The number of aliphatic hydroxyl groups excluding tert-OH is 1. The van der Waals surface area contributed by atoms with Crippen LogP contribution in [0.1, 0.15) is 18.9 Å². The number of aliphatic hydroxyl groups is 1. The monoisotopic (exact) mass is 476 g/mol. The molecule has 0 aliphatic rings. The molecule has 1 nitrogen and oxygen atoms in total. The predicted molar refractivity (Wildman–Crippen MR) is 118 cm³/mol. The first-order valence-electron chi connectivity index (χ1n) is 8.97. The Bertz CT molecular complexity index is 901. The zero-order valence-electron chi connectivity index (χ0n) is 15.4. The average molecular weight is 479 g/mol. The molecule has 0 bridgehead atoms. The van der Waals surface area contributed by atoms with E-state index in [2.05, 4.69) is 78.9 Å². The average Bonchev–Trinajstić information content (AvgIpc) is 3.33. The fraction of sp³-hybridized carbons (Fsp3) is 0.174. The van der Waals surface area contributed by atoms with Crippen molar-refractivity contribution in [1.29, 1.82) is 0 Å². The first kappa shape index (κ1) is 22.2. The van der Waals surface area contributed by atoms with E-state index in [1.54, 1.807) is 0 Å². The minimum absolute atomic E-state index is 0.279. The first-order chi connectivity index (χ1) is 13.1. The zero-order chi connectivity index (χ0) is 19.5. The van der Waals surface area contributed by atoms with E-state index in [9.17, 15) is 0 Å². The van der Waals surface area contributed by atoms with Crippen LogP contribution in [0.15, 0.2) is 78.9 Å². The van der Waals surface area contributed by atoms with E-state index >= 15 is 0 Å². The Morgan fingerprint density at radius 2 is 1.59 bits per heavy atom. The van der Waals surface area contributed by atoms with Crippen molar-refractivity contribution in [3.63, 3.8) is 0 Å². The molecule has 0 saturated heterocycles. The largest absolute Gasteiger partial charge is 0.396 e. The van der Waals surface area contributed by atoms with Crippen LogP contribution in [-0.4, -0.2) is 15.4 Å². The van der Waals surface area contributed by atoms with Gasteiger partial charge in [0.2, 0.25) is 0 Å². The van der Waals surface area contributed by atoms with Gasteiger partial charge >= 0.3 is 46.5 Å². The first-order valence-corrected chi connectivity index (χ1v) is 16.7. The molecule has 0 radical (unpaired) electrons. The third kappa shape index (κ3) is 7.84. The van der Waals surface area contributed by atoms with Crippen molar-refractivity contribution in [3.8, 4) is 0 Å². The summed E-state index contributed by atoms with van der Waals surface area (Å²) in [6, 6.07) is 27.4. The van der Waals surface area contributed by atoms with Crippen molar-refractivity contribution in [3.05, 3.63) is 84.4 Å². The molecule has 0 aromatic heterocycles. The van der Waals surface area contributed by atoms with Crippen LogP contribution in [-0.2, 0) is 25.3 Å². The van der Waals surface area contributed by atoms with Gasteiger partial charge in [0, 0.05) is 6.61 Å². The van der Waals surface area contributed by atoms with E-state index in [0.29, 0.717) is 0 Å². The Morgan fingerprint density at radius 1 is 0.963 bits per heavy atom. The molecule has 4 aromatic carbocycles. The Morgan fingerprint density at radius 3 is 2.19 bits per heavy atom. The number of rotatable bonds is 3. The van der Waals surface area contributed by atoms with Crippen LogP contribution in [0, 0.1) is 0 Å². The van der Waals surface area contributed by atoms with Gasteiger partial charge in [0.15, 0.2) is 0 Å². The number of benzene rings is 2. The fourth-order valence-corrected chi connectivity index (χ4v) is 2.71. The molecule has 0 amide bonds. The van der Waals surface area contributed by atoms with Gasteiger partial charge in [-0.1, -0.05) is 12.1 Å². The topological polar surface area (TPSA) is 20.2 Å². The maximum absolute atomic E-state index is 8.70. The van der Waals surface area contributed by atoms with E-state index in [-0.39, 0.29) is 6.61 Å². The molecule has 4 rings (SSSR count). The molecule has 1 N–H and O–H groups in total.